The summed E-state index contributed by atoms with van der Waals surface area (Å²) in [6.45, 7) is 8.17. The summed E-state index contributed by atoms with van der Waals surface area (Å²) in [6, 6.07) is 11.0. The lowest BCUT2D eigenvalue weighted by Crippen LogP contribution is -2.35. The number of amidine groups is 1. The number of carbonyl (C=O) groups is 3. The maximum absolute atomic E-state index is 13.5. The number of nitrogens with zero attached hydrogens (tertiary/aromatic N) is 3. The van der Waals surface area contributed by atoms with E-state index in [1.54, 1.807) is 36.4 Å². The molecule has 7 N–H and O–H groups in total. The zero-order chi connectivity index (χ0) is 36.5. The van der Waals surface area contributed by atoms with E-state index in [1.165, 1.54) is 23.8 Å². The van der Waals surface area contributed by atoms with E-state index < -0.39 is 30.1 Å². The molecule has 4 aromatic rings. The first-order valence-electron chi connectivity index (χ1n) is 15.4. The molecule has 50 heavy (non-hydrogen) atoms. The second-order valence-corrected chi connectivity index (χ2v) is 11.7. The van der Waals surface area contributed by atoms with Gasteiger partial charge in [-0.1, -0.05) is 29.4 Å². The van der Waals surface area contributed by atoms with Crippen LogP contribution in [-0.2, 0) is 34.1 Å². The van der Waals surface area contributed by atoms with Gasteiger partial charge in [0, 0.05) is 41.0 Å². The molecule has 0 aliphatic rings. The second kappa shape index (κ2) is 16.1. The number of amides is 2. The van der Waals surface area contributed by atoms with Crippen molar-refractivity contribution in [3.05, 3.63) is 97.8 Å². The van der Waals surface area contributed by atoms with E-state index >= 15 is 0 Å². The van der Waals surface area contributed by atoms with Crippen molar-refractivity contribution in [3.8, 4) is 11.3 Å². The summed E-state index contributed by atoms with van der Waals surface area (Å²) >= 11 is 0. The lowest BCUT2D eigenvalue weighted by molar-refractivity contribution is -0.121. The summed E-state index contributed by atoms with van der Waals surface area (Å²) in [5.74, 6) is -1.63. The fraction of sp³-hybridized carbons (Fsp3) is 0.303. The normalized spacial score (nSPS) is 11.4. The number of rotatable bonds is 13. The van der Waals surface area contributed by atoms with Crippen molar-refractivity contribution in [2.45, 2.75) is 66.4 Å². The molecule has 17 nitrogen and oxygen atoms in total. The Balaban J connectivity index is 1.43. The third-order valence-electron chi connectivity index (χ3n) is 6.83. The third-order valence-corrected chi connectivity index (χ3v) is 6.83. The summed E-state index contributed by atoms with van der Waals surface area (Å²) in [5, 5.41) is 12.1. The molecule has 0 radical (unpaired) electrons. The van der Waals surface area contributed by atoms with Crippen molar-refractivity contribution in [2.24, 2.45) is 10.9 Å². The largest absolute Gasteiger partial charge is 0.535 e. The smallest absolute Gasteiger partial charge is 0.424 e. The quantitative estimate of drug-likeness (QED) is 0.0338. The van der Waals surface area contributed by atoms with E-state index in [0.29, 0.717) is 33.6 Å². The average Bonchev–Trinajstić information content (AvgIpc) is 3.39. The zero-order valence-corrected chi connectivity index (χ0v) is 28.1. The number of nitrogen functional groups attached to an aromatic ring is 1. The number of benzene rings is 2. The van der Waals surface area contributed by atoms with Gasteiger partial charge in [-0.05, 0) is 58.4 Å². The highest BCUT2D eigenvalue weighted by Crippen LogP contribution is 2.23. The van der Waals surface area contributed by atoms with Gasteiger partial charge in [0.25, 0.3) is 11.5 Å². The van der Waals surface area contributed by atoms with Crippen molar-refractivity contribution >= 4 is 35.3 Å². The van der Waals surface area contributed by atoms with Gasteiger partial charge >= 0.3 is 12.0 Å². The van der Waals surface area contributed by atoms with E-state index in [1.807, 2.05) is 27.7 Å². The molecule has 264 valence electrons. The van der Waals surface area contributed by atoms with Gasteiger partial charge in [0.1, 0.15) is 6.54 Å². The van der Waals surface area contributed by atoms with Gasteiger partial charge in [0.2, 0.25) is 5.91 Å². The van der Waals surface area contributed by atoms with Crippen LogP contribution in [0.2, 0.25) is 0 Å². The Hall–Kier alpha value is -6.39. The summed E-state index contributed by atoms with van der Waals surface area (Å²) in [5.41, 5.74) is 13.9. The highest BCUT2D eigenvalue weighted by molar-refractivity contribution is 5.97. The Morgan fingerprint density at radius 3 is 2.36 bits per heavy atom. The van der Waals surface area contributed by atoms with Gasteiger partial charge in [0.15, 0.2) is 29.8 Å². The van der Waals surface area contributed by atoms with Gasteiger partial charge in [-0.2, -0.15) is 0 Å². The minimum absolute atomic E-state index is 0.0238. The topological polar surface area (TPSA) is 248 Å². The van der Waals surface area contributed by atoms with Crippen molar-refractivity contribution in [3.63, 3.8) is 0 Å². The van der Waals surface area contributed by atoms with E-state index in [4.69, 9.17) is 20.6 Å². The van der Waals surface area contributed by atoms with E-state index in [0.717, 1.165) is 0 Å². The number of hydrogen-bond acceptors (Lipinski definition) is 13. The van der Waals surface area contributed by atoms with Crippen LogP contribution in [0.15, 0.2) is 72.2 Å². The first-order valence-corrected chi connectivity index (χ1v) is 15.4. The molecule has 0 saturated heterocycles. The van der Waals surface area contributed by atoms with Crippen molar-refractivity contribution < 1.29 is 32.8 Å². The summed E-state index contributed by atoms with van der Waals surface area (Å²) in [4.78, 5) is 71.3. The minimum atomic E-state index is -1.19. The van der Waals surface area contributed by atoms with Crippen LogP contribution >= 0.6 is 0 Å². The Morgan fingerprint density at radius 1 is 1.00 bits per heavy atom. The summed E-state index contributed by atoms with van der Waals surface area (Å²) < 4.78 is 15.5. The van der Waals surface area contributed by atoms with Gasteiger partial charge in [-0.3, -0.25) is 23.8 Å². The standard InChI is InChI=1S/C33H38N8O9/c1-17(2)38-29-31(44)41(25(14-37-29)22-10-23(12-24(34)11-22)30(43)39-18(3)4)15-27(42)36-13-20-6-8-21(9-7-20)28(35)40-50-32(45)47-16-26-19(5)48-33(46)49-26/h6-12,14,17-18H,13,15-16,34H2,1-5H3,(H2,35,40)(H,36,42)(H,37,38)(H,39,43). The Bertz CT molecular complexity index is 2010. The number of hydrogen-bond donors (Lipinski definition) is 5. The first kappa shape index (κ1) is 36.4. The highest BCUT2D eigenvalue weighted by atomic mass is 16.8. The van der Waals surface area contributed by atoms with Crippen LogP contribution in [0.4, 0.5) is 16.3 Å². The number of aryl methyl sites for hydroxylation is 1. The molecule has 0 fully saturated rings. The number of oxime groups is 1. The lowest BCUT2D eigenvalue weighted by atomic mass is 10.1. The van der Waals surface area contributed by atoms with Gasteiger partial charge in [-0.25, -0.2) is 14.6 Å². The van der Waals surface area contributed by atoms with Crippen LogP contribution in [0.1, 0.15) is 60.7 Å². The molecule has 0 aliphatic carbocycles. The zero-order valence-electron chi connectivity index (χ0n) is 28.1. The number of nitrogens with two attached hydrogens (primary N) is 2. The molecule has 0 unspecified atom stereocenters. The number of ether oxygens (including phenoxy) is 1. The second-order valence-electron chi connectivity index (χ2n) is 11.7. The molecule has 2 aromatic heterocycles. The molecule has 0 saturated carbocycles. The average molecular weight is 691 g/mol. The fourth-order valence-corrected chi connectivity index (χ4v) is 4.51. The predicted molar refractivity (Wildman–Crippen MR) is 182 cm³/mol. The maximum Gasteiger partial charge on any atom is 0.535 e. The Labute approximate surface area is 285 Å². The van der Waals surface area contributed by atoms with Gasteiger partial charge in [0.05, 0.1) is 11.9 Å². The van der Waals surface area contributed by atoms with Crippen LogP contribution < -0.4 is 38.8 Å². The van der Waals surface area contributed by atoms with Crippen LogP contribution in [0.25, 0.3) is 11.3 Å². The minimum Gasteiger partial charge on any atom is -0.424 e. The van der Waals surface area contributed by atoms with E-state index in [2.05, 4.69) is 35.3 Å². The third kappa shape index (κ3) is 9.82. The molecule has 2 amide bonds. The number of nitrogens with one attached hydrogen (secondary N) is 3. The molecule has 0 bridgehead atoms. The molecule has 0 atom stereocenters. The lowest BCUT2D eigenvalue weighted by Gasteiger charge is -2.17. The summed E-state index contributed by atoms with van der Waals surface area (Å²) in [7, 11) is 0. The molecule has 2 aromatic carbocycles. The molecule has 2 heterocycles. The van der Waals surface area contributed by atoms with Crippen LogP contribution in [-0.4, -0.2) is 45.4 Å². The van der Waals surface area contributed by atoms with Crippen molar-refractivity contribution in [2.75, 3.05) is 11.1 Å². The Morgan fingerprint density at radius 2 is 1.72 bits per heavy atom. The number of anilines is 2. The molecule has 4 rings (SSSR count). The fourth-order valence-electron chi connectivity index (χ4n) is 4.51. The molecular formula is C33H38N8O9. The van der Waals surface area contributed by atoms with Crippen molar-refractivity contribution in [1.82, 2.24) is 20.2 Å². The van der Waals surface area contributed by atoms with Crippen molar-refractivity contribution in [1.29, 1.82) is 0 Å². The maximum atomic E-state index is 13.5. The van der Waals surface area contributed by atoms with Crippen LogP contribution in [0, 0.1) is 6.92 Å². The van der Waals surface area contributed by atoms with E-state index in [-0.39, 0.29) is 54.3 Å². The highest BCUT2D eigenvalue weighted by Gasteiger charge is 2.18. The first-order chi connectivity index (χ1) is 23.7. The molecule has 17 heteroatoms. The van der Waals surface area contributed by atoms with Gasteiger partial charge in [-0.15, -0.1) is 0 Å². The molecule has 0 spiro atoms. The molecular weight excluding hydrogens is 652 g/mol. The monoisotopic (exact) mass is 690 g/mol. The van der Waals surface area contributed by atoms with Gasteiger partial charge < -0.3 is 41.0 Å². The van der Waals surface area contributed by atoms with Crippen LogP contribution in [0.3, 0.4) is 0 Å². The molecule has 0 aliphatic heterocycles. The Kier molecular flexibility index (Phi) is 11.8. The number of carbonyl (C=O) groups excluding carboxylic acids is 3. The summed E-state index contributed by atoms with van der Waals surface area (Å²) in [6.07, 6.45) is 0.262. The number of aromatic nitrogens is 2. The predicted octanol–water partition coefficient (Wildman–Crippen LogP) is 2.60. The van der Waals surface area contributed by atoms with Crippen LogP contribution in [0.5, 0.6) is 0 Å². The van der Waals surface area contributed by atoms with E-state index in [9.17, 15) is 24.0 Å². The SMILES string of the molecule is Cc1oc(=O)oc1COC(=O)O/N=C(/N)c1ccc(CNC(=O)Cn2c(-c3cc(N)cc(C(=O)NC(C)C)c3)cnc(NC(C)C)c2=O)cc1.